The van der Waals surface area contributed by atoms with E-state index in [-0.39, 0.29) is 22.9 Å². The summed E-state index contributed by atoms with van der Waals surface area (Å²) in [6, 6.07) is 13.8. The number of rotatable bonds is 6. The fourth-order valence-electron chi connectivity index (χ4n) is 2.50. The summed E-state index contributed by atoms with van der Waals surface area (Å²) in [4.78, 5) is 23.8. The van der Waals surface area contributed by atoms with Gasteiger partial charge in [0.1, 0.15) is 24.0 Å². The first-order valence-corrected chi connectivity index (χ1v) is 9.84. The molecule has 32 heavy (non-hydrogen) atoms. The summed E-state index contributed by atoms with van der Waals surface area (Å²) < 4.78 is 32.5. The minimum Gasteiger partial charge on any atom is -0.488 e. The van der Waals surface area contributed by atoms with Crippen molar-refractivity contribution in [2.24, 2.45) is 5.10 Å². The van der Waals surface area contributed by atoms with Gasteiger partial charge in [0.05, 0.1) is 11.2 Å². The zero-order valence-electron chi connectivity index (χ0n) is 16.2. The highest BCUT2D eigenvalue weighted by atomic mass is 35.5. The highest BCUT2D eigenvalue weighted by Crippen LogP contribution is 2.25. The van der Waals surface area contributed by atoms with Crippen LogP contribution in [0.3, 0.4) is 0 Å². The number of hydrogen-bond donors (Lipinski definition) is 2. The zero-order chi connectivity index (χ0) is 23.1. The normalized spacial score (nSPS) is 10.8. The summed E-state index contributed by atoms with van der Waals surface area (Å²) in [5.41, 5.74) is 2.85. The van der Waals surface area contributed by atoms with Gasteiger partial charge in [0.25, 0.3) is 0 Å². The van der Waals surface area contributed by atoms with Crippen LogP contribution in [0.2, 0.25) is 10.0 Å². The largest absolute Gasteiger partial charge is 0.488 e. The first-order valence-electron chi connectivity index (χ1n) is 9.08. The van der Waals surface area contributed by atoms with Crippen LogP contribution < -0.4 is 15.5 Å². The Morgan fingerprint density at radius 1 is 1.00 bits per heavy atom. The summed E-state index contributed by atoms with van der Waals surface area (Å²) >= 11 is 12.0. The van der Waals surface area contributed by atoms with Gasteiger partial charge in [-0.2, -0.15) is 5.10 Å². The molecule has 0 saturated carbocycles. The maximum Gasteiger partial charge on any atom is 0.329 e. The summed E-state index contributed by atoms with van der Waals surface area (Å²) in [6.45, 7) is -0.152. The Hall–Kier alpha value is -3.49. The van der Waals surface area contributed by atoms with Gasteiger partial charge in [-0.15, -0.1) is 0 Å². The van der Waals surface area contributed by atoms with Gasteiger partial charge in [0.2, 0.25) is 0 Å². The zero-order valence-corrected chi connectivity index (χ0v) is 17.8. The Morgan fingerprint density at radius 2 is 1.75 bits per heavy atom. The Kier molecular flexibility index (Phi) is 7.75. The van der Waals surface area contributed by atoms with E-state index >= 15 is 0 Å². The van der Waals surface area contributed by atoms with Crippen LogP contribution >= 0.6 is 23.2 Å². The monoisotopic (exact) mass is 477 g/mol. The number of carbonyl (C=O) groups is 2. The Morgan fingerprint density at radius 3 is 2.47 bits per heavy atom. The molecule has 0 heterocycles. The number of hydrogen-bond acceptors (Lipinski definition) is 4. The van der Waals surface area contributed by atoms with Crippen molar-refractivity contribution < 1.29 is 23.1 Å². The number of carbonyl (C=O) groups excluding carboxylic acids is 2. The van der Waals surface area contributed by atoms with Gasteiger partial charge in [-0.3, -0.25) is 9.59 Å². The summed E-state index contributed by atoms with van der Waals surface area (Å²) in [6.07, 6.45) is 1.22. The van der Waals surface area contributed by atoms with Gasteiger partial charge < -0.3 is 10.1 Å². The quantitative estimate of drug-likeness (QED) is 0.299. The van der Waals surface area contributed by atoms with E-state index < -0.39 is 23.4 Å². The highest BCUT2D eigenvalue weighted by molar-refractivity contribution is 6.39. The third-order valence-corrected chi connectivity index (χ3v) is 4.67. The van der Waals surface area contributed by atoms with E-state index in [1.165, 1.54) is 36.5 Å². The number of benzene rings is 3. The molecule has 10 heteroatoms. The topological polar surface area (TPSA) is 79.8 Å². The van der Waals surface area contributed by atoms with Gasteiger partial charge in [0.15, 0.2) is 0 Å². The fraction of sp³-hybridized carbons (Fsp3) is 0.0455. The lowest BCUT2D eigenvalue weighted by atomic mass is 10.2. The second-order valence-electron chi connectivity index (χ2n) is 6.33. The van der Waals surface area contributed by atoms with Crippen molar-refractivity contribution in [2.45, 2.75) is 6.61 Å². The van der Waals surface area contributed by atoms with Crippen LogP contribution in [0, 0.1) is 11.6 Å². The number of nitrogens with zero attached hydrogens (tertiary/aromatic N) is 1. The van der Waals surface area contributed by atoms with E-state index in [0.29, 0.717) is 16.3 Å². The Labute approximate surface area is 191 Å². The third kappa shape index (κ3) is 6.26. The van der Waals surface area contributed by atoms with Gasteiger partial charge in [-0.05, 0) is 54.6 Å². The summed E-state index contributed by atoms with van der Waals surface area (Å²) in [5, 5.41) is 6.61. The molecule has 0 bridgehead atoms. The summed E-state index contributed by atoms with van der Waals surface area (Å²) in [7, 11) is 0. The lowest BCUT2D eigenvalue weighted by molar-refractivity contribution is -0.136. The molecule has 3 aromatic carbocycles. The van der Waals surface area contributed by atoms with E-state index in [4.69, 9.17) is 27.9 Å². The Balaban J connectivity index is 1.64. The number of halogens is 4. The highest BCUT2D eigenvalue weighted by Gasteiger charge is 2.13. The number of anilines is 1. The molecular weight excluding hydrogens is 463 g/mol. The van der Waals surface area contributed by atoms with Crippen molar-refractivity contribution in [3.05, 3.63) is 93.5 Å². The van der Waals surface area contributed by atoms with Crippen molar-refractivity contribution in [3.63, 3.8) is 0 Å². The molecule has 0 aromatic heterocycles. The van der Waals surface area contributed by atoms with Crippen LogP contribution in [-0.4, -0.2) is 18.0 Å². The molecule has 0 saturated heterocycles. The first-order chi connectivity index (χ1) is 15.3. The molecule has 3 aromatic rings. The molecule has 6 nitrogen and oxygen atoms in total. The maximum absolute atomic E-state index is 13.9. The van der Waals surface area contributed by atoms with Crippen LogP contribution in [-0.2, 0) is 16.2 Å². The van der Waals surface area contributed by atoms with Crippen molar-refractivity contribution in [1.29, 1.82) is 0 Å². The number of nitrogens with one attached hydrogen (secondary N) is 2. The molecule has 164 valence electrons. The average Bonchev–Trinajstić information content (AvgIpc) is 2.76. The molecule has 0 unspecified atom stereocenters. The molecule has 0 aliphatic rings. The number of amides is 2. The molecular formula is C22H15Cl2F2N3O3. The lowest BCUT2D eigenvalue weighted by Gasteiger charge is -2.11. The van der Waals surface area contributed by atoms with E-state index in [0.717, 1.165) is 12.1 Å². The van der Waals surface area contributed by atoms with E-state index in [9.17, 15) is 18.4 Å². The molecule has 0 fully saturated rings. The van der Waals surface area contributed by atoms with Crippen LogP contribution in [0.1, 0.15) is 11.1 Å². The fourth-order valence-corrected chi connectivity index (χ4v) is 2.90. The number of ether oxygens (including phenoxy) is 1. The SMILES string of the molecule is O=C(N/N=C\c1cc(Cl)ccc1OCc1c(F)cccc1Cl)C(=O)Nc1ccc(F)cc1. The molecule has 2 amide bonds. The smallest absolute Gasteiger partial charge is 0.329 e. The second-order valence-corrected chi connectivity index (χ2v) is 7.17. The Bertz CT molecular complexity index is 1150. The number of hydrazone groups is 1. The van der Waals surface area contributed by atoms with Crippen molar-refractivity contribution in [3.8, 4) is 5.75 Å². The minimum atomic E-state index is -1.05. The summed E-state index contributed by atoms with van der Waals surface area (Å²) in [5.74, 6) is -2.74. The van der Waals surface area contributed by atoms with Crippen molar-refractivity contribution in [1.82, 2.24) is 5.43 Å². The van der Waals surface area contributed by atoms with Crippen LogP contribution in [0.15, 0.2) is 65.8 Å². The minimum absolute atomic E-state index is 0.152. The standard InChI is InChI=1S/C22H15Cl2F2N3O3/c23-14-4-9-20(32-12-17-18(24)2-1-3-19(17)26)13(10-14)11-27-29-22(31)21(30)28-16-7-5-15(25)6-8-16/h1-11H,12H2,(H,28,30)(H,29,31)/b27-11-. The van der Waals surface area contributed by atoms with E-state index in [1.807, 2.05) is 0 Å². The first kappa shape index (κ1) is 23.2. The average molecular weight is 478 g/mol. The van der Waals surface area contributed by atoms with Gasteiger partial charge >= 0.3 is 11.8 Å². The molecule has 0 spiro atoms. The van der Waals surface area contributed by atoms with Crippen molar-refractivity contribution >= 4 is 46.9 Å². The van der Waals surface area contributed by atoms with Gasteiger partial charge in [-0.25, -0.2) is 14.2 Å². The van der Waals surface area contributed by atoms with E-state index in [2.05, 4.69) is 15.8 Å². The predicted molar refractivity (Wildman–Crippen MR) is 118 cm³/mol. The third-order valence-electron chi connectivity index (χ3n) is 4.08. The molecule has 0 aliphatic heterocycles. The predicted octanol–water partition coefficient (Wildman–Crippen LogP) is 4.94. The molecule has 2 N–H and O–H groups in total. The molecule has 0 radical (unpaired) electrons. The maximum atomic E-state index is 13.9. The van der Waals surface area contributed by atoms with Crippen LogP contribution in [0.25, 0.3) is 0 Å². The molecule has 0 aliphatic carbocycles. The van der Waals surface area contributed by atoms with Crippen LogP contribution in [0.4, 0.5) is 14.5 Å². The van der Waals surface area contributed by atoms with E-state index in [1.54, 1.807) is 18.2 Å². The molecule has 3 rings (SSSR count). The van der Waals surface area contributed by atoms with Gasteiger partial charge in [-0.1, -0.05) is 29.3 Å². The van der Waals surface area contributed by atoms with Crippen LogP contribution in [0.5, 0.6) is 5.75 Å². The lowest BCUT2D eigenvalue weighted by Crippen LogP contribution is -2.32. The van der Waals surface area contributed by atoms with Crippen molar-refractivity contribution in [2.75, 3.05) is 5.32 Å². The second kappa shape index (κ2) is 10.7. The molecule has 0 atom stereocenters. The van der Waals surface area contributed by atoms with Gasteiger partial charge in [0, 0.05) is 21.8 Å².